The van der Waals surface area contributed by atoms with E-state index in [1.807, 2.05) is 18.3 Å². The summed E-state index contributed by atoms with van der Waals surface area (Å²) in [4.78, 5) is 2.68. The van der Waals surface area contributed by atoms with Gasteiger partial charge >= 0.3 is 0 Å². The Balaban J connectivity index is 1.76. The average molecular weight is 275 g/mol. The third kappa shape index (κ3) is 1.77. The molecule has 1 heterocycles. The minimum Gasteiger partial charge on any atom is -0.381 e. The highest BCUT2D eigenvalue weighted by molar-refractivity contribution is 5.34. The first-order valence-corrected chi connectivity index (χ1v) is 8.69. The van der Waals surface area contributed by atoms with Crippen molar-refractivity contribution >= 4 is 0 Å². The third-order valence-electron chi connectivity index (χ3n) is 7.06. The molecule has 20 heavy (non-hydrogen) atoms. The molecule has 0 aromatic heterocycles. The Morgan fingerprint density at radius 3 is 2.90 bits per heavy atom. The van der Waals surface area contributed by atoms with Gasteiger partial charge in [0.2, 0.25) is 0 Å². The number of ether oxygens (including phenoxy) is 1. The summed E-state index contributed by atoms with van der Waals surface area (Å²) in [5.74, 6) is 0.948. The van der Waals surface area contributed by atoms with Crippen LogP contribution in [0.2, 0.25) is 0 Å². The molecular formula is C18H29NO. The summed E-state index contributed by atoms with van der Waals surface area (Å²) in [5, 5.41) is 0. The summed E-state index contributed by atoms with van der Waals surface area (Å²) >= 11 is 0. The first-order valence-electron chi connectivity index (χ1n) is 8.69. The molecule has 0 radical (unpaired) electrons. The topological polar surface area (TPSA) is 12.5 Å². The van der Waals surface area contributed by atoms with Crippen molar-refractivity contribution < 1.29 is 4.74 Å². The number of rotatable bonds is 1. The van der Waals surface area contributed by atoms with Crippen molar-refractivity contribution in [3.05, 3.63) is 11.1 Å². The van der Waals surface area contributed by atoms with Crippen LogP contribution in [0.4, 0.5) is 0 Å². The highest BCUT2D eigenvalue weighted by Gasteiger charge is 2.54. The third-order valence-corrected chi connectivity index (χ3v) is 7.06. The van der Waals surface area contributed by atoms with Gasteiger partial charge in [-0.05, 0) is 69.9 Å². The van der Waals surface area contributed by atoms with E-state index in [9.17, 15) is 0 Å². The first-order chi connectivity index (χ1) is 9.74. The maximum Gasteiger partial charge on any atom is 0.0611 e. The predicted octanol–water partition coefficient (Wildman–Crippen LogP) is 3.77. The van der Waals surface area contributed by atoms with E-state index in [0.29, 0.717) is 11.5 Å². The molecular weight excluding hydrogens is 246 g/mol. The summed E-state index contributed by atoms with van der Waals surface area (Å²) in [5.41, 5.74) is 4.30. The fraction of sp³-hybridized carbons (Fsp3) is 0.889. The maximum atomic E-state index is 5.73. The lowest BCUT2D eigenvalue weighted by Gasteiger charge is -2.60. The zero-order chi connectivity index (χ0) is 13.7. The summed E-state index contributed by atoms with van der Waals surface area (Å²) < 4.78 is 5.73. The summed E-state index contributed by atoms with van der Waals surface area (Å²) in [6.07, 6.45) is 13.0. The minimum atomic E-state index is 0.502. The van der Waals surface area contributed by atoms with Crippen molar-refractivity contribution in [3.63, 3.8) is 0 Å². The molecule has 1 saturated carbocycles. The molecule has 1 aliphatic heterocycles. The fourth-order valence-electron chi connectivity index (χ4n) is 6.00. The maximum absolute atomic E-state index is 5.73. The summed E-state index contributed by atoms with van der Waals surface area (Å²) in [7, 11) is 4.28. The molecule has 1 saturated heterocycles. The molecule has 2 fully saturated rings. The smallest absolute Gasteiger partial charge is 0.0611 e. The van der Waals surface area contributed by atoms with Crippen LogP contribution in [0.15, 0.2) is 11.1 Å². The van der Waals surface area contributed by atoms with Crippen LogP contribution in [0.1, 0.15) is 57.8 Å². The van der Waals surface area contributed by atoms with Crippen LogP contribution in [0, 0.1) is 11.3 Å². The number of methoxy groups -OCH3 is 1. The lowest BCUT2D eigenvalue weighted by molar-refractivity contribution is -0.0368. The molecule has 2 heteroatoms. The van der Waals surface area contributed by atoms with Gasteiger partial charge in [-0.15, -0.1) is 0 Å². The van der Waals surface area contributed by atoms with Gasteiger partial charge in [-0.25, -0.2) is 0 Å². The van der Waals surface area contributed by atoms with E-state index in [-0.39, 0.29) is 0 Å². The number of hydrogen-bond acceptors (Lipinski definition) is 2. The van der Waals surface area contributed by atoms with Gasteiger partial charge in [-0.2, -0.15) is 0 Å². The van der Waals surface area contributed by atoms with Crippen molar-refractivity contribution in [2.75, 3.05) is 20.7 Å². The molecule has 2 nitrogen and oxygen atoms in total. The highest BCUT2D eigenvalue weighted by atomic mass is 16.5. The quantitative estimate of drug-likeness (QED) is 0.676. The van der Waals surface area contributed by atoms with E-state index >= 15 is 0 Å². The Hall–Kier alpha value is -0.340. The van der Waals surface area contributed by atoms with Crippen LogP contribution in [0.5, 0.6) is 0 Å². The average Bonchev–Trinajstić information content (AvgIpc) is 2.50. The van der Waals surface area contributed by atoms with Crippen LogP contribution in [-0.4, -0.2) is 37.7 Å². The molecule has 0 N–H and O–H groups in total. The molecule has 0 amide bonds. The Morgan fingerprint density at radius 2 is 2.05 bits per heavy atom. The van der Waals surface area contributed by atoms with Crippen molar-refractivity contribution in [1.29, 1.82) is 0 Å². The zero-order valence-corrected chi connectivity index (χ0v) is 13.2. The van der Waals surface area contributed by atoms with Crippen LogP contribution < -0.4 is 0 Å². The van der Waals surface area contributed by atoms with Crippen molar-refractivity contribution in [1.82, 2.24) is 4.90 Å². The SMILES string of the molecule is COC1CCC2=C(C1)[C@@]13CCCC[C@H]1[C@@H](C2)N(C)CC3. The largest absolute Gasteiger partial charge is 0.381 e. The normalized spacial score (nSPS) is 45.0. The standard InChI is InChI=1S/C18H29NO/c1-19-10-9-18-8-4-3-5-15(18)17(19)11-13-6-7-14(20-2)12-16(13)18/h14-15,17H,3-12H2,1-2H3/t14?,15-,17+,18+/m0/s1. The monoisotopic (exact) mass is 275 g/mol. The van der Waals surface area contributed by atoms with Crippen LogP contribution in [0.3, 0.4) is 0 Å². The highest BCUT2D eigenvalue weighted by Crippen LogP contribution is 2.61. The molecule has 0 spiro atoms. The second-order valence-corrected chi connectivity index (χ2v) is 7.69. The van der Waals surface area contributed by atoms with Crippen molar-refractivity contribution in [2.24, 2.45) is 11.3 Å². The van der Waals surface area contributed by atoms with E-state index in [0.717, 1.165) is 12.0 Å². The van der Waals surface area contributed by atoms with Crippen molar-refractivity contribution in [2.45, 2.75) is 69.9 Å². The molecule has 0 aromatic carbocycles. The van der Waals surface area contributed by atoms with Crippen LogP contribution >= 0.6 is 0 Å². The number of likely N-dealkylation sites (tertiary alicyclic amines) is 1. The second-order valence-electron chi connectivity index (χ2n) is 7.69. The Morgan fingerprint density at radius 1 is 1.15 bits per heavy atom. The minimum absolute atomic E-state index is 0.502. The van der Waals surface area contributed by atoms with Gasteiger partial charge in [0.05, 0.1) is 6.10 Å². The first kappa shape index (κ1) is 13.3. The van der Waals surface area contributed by atoms with Crippen molar-refractivity contribution in [3.8, 4) is 0 Å². The summed E-state index contributed by atoms with van der Waals surface area (Å²) in [6, 6.07) is 0.849. The molecule has 4 rings (SSSR count). The van der Waals surface area contributed by atoms with E-state index < -0.39 is 0 Å². The Bertz CT molecular complexity index is 429. The molecule has 2 bridgehead atoms. The molecule has 0 aromatic rings. The van der Waals surface area contributed by atoms with Gasteiger partial charge in [0, 0.05) is 13.2 Å². The van der Waals surface area contributed by atoms with Gasteiger partial charge < -0.3 is 9.64 Å². The van der Waals surface area contributed by atoms with E-state index in [2.05, 4.69) is 11.9 Å². The fourth-order valence-corrected chi connectivity index (χ4v) is 6.00. The molecule has 4 atom stereocenters. The van der Waals surface area contributed by atoms with Gasteiger partial charge in [-0.1, -0.05) is 24.0 Å². The van der Waals surface area contributed by atoms with Gasteiger partial charge in [0.25, 0.3) is 0 Å². The number of piperidine rings is 1. The van der Waals surface area contributed by atoms with Crippen LogP contribution in [0.25, 0.3) is 0 Å². The Kier molecular flexibility index (Phi) is 3.23. The predicted molar refractivity (Wildman–Crippen MR) is 81.7 cm³/mol. The van der Waals surface area contributed by atoms with E-state index in [4.69, 9.17) is 4.74 Å². The van der Waals surface area contributed by atoms with E-state index in [1.165, 1.54) is 64.3 Å². The second kappa shape index (κ2) is 4.84. The molecule has 112 valence electrons. The van der Waals surface area contributed by atoms with E-state index in [1.54, 1.807) is 0 Å². The molecule has 1 unspecified atom stereocenters. The summed E-state index contributed by atoms with van der Waals surface area (Å²) in [6.45, 7) is 1.32. The van der Waals surface area contributed by atoms with Crippen LogP contribution in [-0.2, 0) is 4.74 Å². The number of nitrogens with zero attached hydrogens (tertiary/aromatic N) is 1. The lowest BCUT2D eigenvalue weighted by Crippen LogP contribution is -2.58. The number of hydrogen-bond donors (Lipinski definition) is 0. The Labute approximate surface area is 123 Å². The molecule has 3 aliphatic carbocycles. The molecule has 4 aliphatic rings. The van der Waals surface area contributed by atoms with Gasteiger partial charge in [0.1, 0.15) is 0 Å². The lowest BCUT2D eigenvalue weighted by atomic mass is 9.50. The van der Waals surface area contributed by atoms with Gasteiger partial charge in [0.15, 0.2) is 0 Å². The van der Waals surface area contributed by atoms with Gasteiger partial charge in [-0.3, -0.25) is 0 Å². The zero-order valence-electron chi connectivity index (χ0n) is 13.2.